The van der Waals surface area contributed by atoms with Crippen molar-refractivity contribution in [3.05, 3.63) is 68.6 Å². The molecule has 2 aromatic rings. The summed E-state index contributed by atoms with van der Waals surface area (Å²) in [4.78, 5) is 0. The van der Waals surface area contributed by atoms with Gasteiger partial charge >= 0.3 is 0 Å². The normalized spacial score (nSPS) is 10.4. The van der Waals surface area contributed by atoms with Crippen molar-refractivity contribution < 1.29 is 0 Å². The van der Waals surface area contributed by atoms with Gasteiger partial charge < -0.3 is 0 Å². The Kier molecular flexibility index (Phi) is 4.19. The lowest BCUT2D eigenvalue weighted by atomic mass is 10.0. The molecule has 0 N–H and O–H groups in total. The molecule has 0 spiro atoms. The van der Waals surface area contributed by atoms with E-state index in [1.54, 1.807) is 0 Å². The van der Waals surface area contributed by atoms with Crippen LogP contribution in [0.2, 0.25) is 0 Å². The Morgan fingerprint density at radius 3 is 1.38 bits per heavy atom. The van der Waals surface area contributed by atoms with E-state index in [4.69, 9.17) is 0 Å². The first kappa shape index (κ1) is 11.9. The average molecular weight is 340 g/mol. The predicted octanol–water partition coefficient (Wildman–Crippen LogP) is 5.00. The molecule has 0 atom stereocenters. The highest BCUT2D eigenvalue weighted by atomic mass is 79.9. The van der Waals surface area contributed by atoms with Gasteiger partial charge in [-0.15, -0.1) is 0 Å². The van der Waals surface area contributed by atoms with E-state index in [9.17, 15) is 0 Å². The molecular weight excluding hydrogens is 328 g/mol. The van der Waals surface area contributed by atoms with Gasteiger partial charge in [0.2, 0.25) is 0 Å². The summed E-state index contributed by atoms with van der Waals surface area (Å²) in [5.41, 5.74) is 2.72. The molecule has 0 heterocycles. The summed E-state index contributed by atoms with van der Waals surface area (Å²) >= 11 is 7.15. The van der Waals surface area contributed by atoms with Gasteiger partial charge in [0, 0.05) is 8.95 Å². The first-order valence-electron chi connectivity index (χ1n) is 5.24. The molecule has 0 aliphatic heterocycles. The molecule has 2 rings (SSSR count). The Labute approximate surface area is 113 Å². The van der Waals surface area contributed by atoms with E-state index >= 15 is 0 Å². The Bertz CT molecular complexity index is 432. The van der Waals surface area contributed by atoms with Crippen molar-refractivity contribution in [2.45, 2.75) is 12.8 Å². The molecule has 0 fully saturated rings. The Hall–Kier alpha value is -0.600. The van der Waals surface area contributed by atoms with Crippen LogP contribution in [0.3, 0.4) is 0 Å². The van der Waals surface area contributed by atoms with Gasteiger partial charge in [0.05, 0.1) is 0 Å². The molecule has 0 saturated carbocycles. The Morgan fingerprint density at radius 2 is 1.00 bits per heavy atom. The van der Waals surface area contributed by atoms with Crippen LogP contribution in [0.4, 0.5) is 0 Å². The molecule has 0 amide bonds. The van der Waals surface area contributed by atoms with E-state index in [1.807, 2.05) is 12.1 Å². The number of rotatable bonds is 3. The van der Waals surface area contributed by atoms with Crippen LogP contribution in [-0.4, -0.2) is 0 Å². The van der Waals surface area contributed by atoms with Gasteiger partial charge in [-0.05, 0) is 36.1 Å². The van der Waals surface area contributed by atoms with Gasteiger partial charge in [-0.1, -0.05) is 68.3 Å². The lowest BCUT2D eigenvalue weighted by Gasteiger charge is -2.06. The number of aryl methyl sites for hydroxylation is 2. The second-order valence-electron chi connectivity index (χ2n) is 3.68. The minimum Gasteiger partial charge on any atom is -0.0619 e. The fraction of sp³-hybridized carbons (Fsp3) is 0.143. The van der Waals surface area contributed by atoms with Crippen molar-refractivity contribution in [1.29, 1.82) is 0 Å². The van der Waals surface area contributed by atoms with E-state index in [0.29, 0.717) is 0 Å². The summed E-state index contributed by atoms with van der Waals surface area (Å²) in [6.45, 7) is 0. The molecule has 0 aliphatic rings. The number of hydrogen-bond acceptors (Lipinski definition) is 0. The molecule has 0 unspecified atom stereocenters. The number of hydrogen-bond donors (Lipinski definition) is 0. The summed E-state index contributed by atoms with van der Waals surface area (Å²) < 4.78 is 2.39. The van der Waals surface area contributed by atoms with Crippen molar-refractivity contribution in [1.82, 2.24) is 0 Å². The molecule has 0 nitrogen and oxygen atoms in total. The maximum absolute atomic E-state index is 3.58. The van der Waals surface area contributed by atoms with Crippen LogP contribution < -0.4 is 0 Å². The fourth-order valence-corrected chi connectivity index (χ4v) is 2.64. The summed E-state index contributed by atoms with van der Waals surface area (Å²) in [6.07, 6.45) is 2.12. The zero-order chi connectivity index (χ0) is 11.4. The molecule has 0 radical (unpaired) electrons. The lowest BCUT2D eigenvalue weighted by molar-refractivity contribution is 0.949. The SMILES string of the molecule is Brc1ccccc1CCc1ccccc1Br. The third-order valence-corrected chi connectivity index (χ3v) is 4.13. The lowest BCUT2D eigenvalue weighted by Crippen LogP contribution is -1.93. The number of halogens is 2. The van der Waals surface area contributed by atoms with Crippen molar-refractivity contribution in [3.63, 3.8) is 0 Å². The first-order valence-corrected chi connectivity index (χ1v) is 6.83. The quantitative estimate of drug-likeness (QED) is 0.738. The zero-order valence-electron chi connectivity index (χ0n) is 8.79. The minimum atomic E-state index is 1.06. The van der Waals surface area contributed by atoms with E-state index in [1.165, 1.54) is 20.1 Å². The molecule has 16 heavy (non-hydrogen) atoms. The third kappa shape index (κ3) is 2.96. The predicted molar refractivity (Wildman–Crippen MR) is 75.7 cm³/mol. The summed E-state index contributed by atoms with van der Waals surface area (Å²) in [5, 5.41) is 0. The van der Waals surface area contributed by atoms with Crippen LogP contribution in [0.1, 0.15) is 11.1 Å². The highest BCUT2D eigenvalue weighted by Gasteiger charge is 2.01. The smallest absolute Gasteiger partial charge is 0.0207 e. The number of benzene rings is 2. The van der Waals surface area contributed by atoms with Crippen molar-refractivity contribution in [2.75, 3.05) is 0 Å². The van der Waals surface area contributed by atoms with E-state index in [0.717, 1.165) is 12.8 Å². The van der Waals surface area contributed by atoms with Crippen LogP contribution in [-0.2, 0) is 12.8 Å². The molecule has 2 aromatic carbocycles. The van der Waals surface area contributed by atoms with Gasteiger partial charge in [-0.25, -0.2) is 0 Å². The highest BCUT2D eigenvalue weighted by molar-refractivity contribution is 9.10. The second-order valence-corrected chi connectivity index (χ2v) is 5.39. The van der Waals surface area contributed by atoms with Crippen LogP contribution in [0.15, 0.2) is 57.5 Å². The molecule has 82 valence electrons. The Morgan fingerprint density at radius 1 is 0.625 bits per heavy atom. The highest BCUT2D eigenvalue weighted by Crippen LogP contribution is 2.21. The molecule has 0 aromatic heterocycles. The van der Waals surface area contributed by atoms with E-state index < -0.39 is 0 Å². The average Bonchev–Trinajstić information content (AvgIpc) is 2.30. The minimum absolute atomic E-state index is 1.06. The molecule has 2 heteroatoms. The monoisotopic (exact) mass is 338 g/mol. The van der Waals surface area contributed by atoms with Crippen molar-refractivity contribution >= 4 is 31.9 Å². The fourth-order valence-electron chi connectivity index (χ4n) is 1.67. The van der Waals surface area contributed by atoms with Crippen LogP contribution in [0, 0.1) is 0 Å². The summed E-state index contributed by atoms with van der Waals surface area (Å²) in [5.74, 6) is 0. The third-order valence-electron chi connectivity index (χ3n) is 2.58. The standard InChI is InChI=1S/C14H12Br2/c15-13-7-3-1-5-11(13)9-10-12-6-2-4-8-14(12)16/h1-8H,9-10H2. The van der Waals surface area contributed by atoms with Gasteiger partial charge in [0.1, 0.15) is 0 Å². The van der Waals surface area contributed by atoms with Gasteiger partial charge in [0.25, 0.3) is 0 Å². The van der Waals surface area contributed by atoms with Crippen LogP contribution in [0.5, 0.6) is 0 Å². The van der Waals surface area contributed by atoms with E-state index in [-0.39, 0.29) is 0 Å². The van der Waals surface area contributed by atoms with Crippen LogP contribution in [0.25, 0.3) is 0 Å². The zero-order valence-corrected chi connectivity index (χ0v) is 12.0. The molecule has 0 bridgehead atoms. The Balaban J connectivity index is 2.09. The van der Waals surface area contributed by atoms with Crippen molar-refractivity contribution in [3.8, 4) is 0 Å². The maximum atomic E-state index is 3.58. The van der Waals surface area contributed by atoms with E-state index in [2.05, 4.69) is 68.3 Å². The van der Waals surface area contributed by atoms with Gasteiger partial charge in [-0.3, -0.25) is 0 Å². The van der Waals surface area contributed by atoms with Gasteiger partial charge in [-0.2, -0.15) is 0 Å². The second kappa shape index (κ2) is 5.65. The largest absolute Gasteiger partial charge is 0.0619 e. The molecule has 0 aliphatic carbocycles. The summed E-state index contributed by atoms with van der Waals surface area (Å²) in [6, 6.07) is 16.8. The molecular formula is C14H12Br2. The van der Waals surface area contributed by atoms with Gasteiger partial charge in [0.15, 0.2) is 0 Å². The van der Waals surface area contributed by atoms with Crippen molar-refractivity contribution in [2.24, 2.45) is 0 Å². The molecule has 0 saturated heterocycles. The maximum Gasteiger partial charge on any atom is 0.0207 e. The summed E-state index contributed by atoms with van der Waals surface area (Å²) in [7, 11) is 0. The van der Waals surface area contributed by atoms with Crippen LogP contribution >= 0.6 is 31.9 Å². The first-order chi connectivity index (χ1) is 7.77. The topological polar surface area (TPSA) is 0 Å².